The molecule has 2 aliphatic heterocycles. The summed E-state index contributed by atoms with van der Waals surface area (Å²) in [4.78, 5) is 27.7. The number of ketones is 2. The molecule has 1 unspecified atom stereocenters. The molecule has 184 valence electrons. The van der Waals surface area contributed by atoms with Gasteiger partial charge in [0.2, 0.25) is 11.6 Å². The van der Waals surface area contributed by atoms with Gasteiger partial charge in [-0.2, -0.15) is 0 Å². The van der Waals surface area contributed by atoms with Crippen LogP contribution in [0.25, 0.3) is 5.76 Å². The quantitative estimate of drug-likeness (QED) is 0.630. The molecule has 0 bridgehead atoms. The zero-order valence-corrected chi connectivity index (χ0v) is 21.2. The number of aliphatic hydroxyl groups is 1. The Balaban J connectivity index is 1.19. The third kappa shape index (κ3) is 4.77. The van der Waals surface area contributed by atoms with Crippen LogP contribution < -0.4 is 4.74 Å². The van der Waals surface area contributed by atoms with Gasteiger partial charge in [-0.15, -0.1) is 11.8 Å². The summed E-state index contributed by atoms with van der Waals surface area (Å²) < 4.78 is 12.3. The van der Waals surface area contributed by atoms with E-state index in [0.717, 1.165) is 18.7 Å². The average Bonchev–Trinajstić information content (AvgIpc) is 3.22. The van der Waals surface area contributed by atoms with Crippen molar-refractivity contribution < 1.29 is 24.2 Å². The predicted octanol–water partition coefficient (Wildman–Crippen LogP) is 4.07. The molecule has 5 rings (SSSR count). The first-order valence-corrected chi connectivity index (χ1v) is 13.0. The molecule has 1 saturated heterocycles. The summed E-state index contributed by atoms with van der Waals surface area (Å²) in [7, 11) is 0. The Morgan fingerprint density at radius 1 is 1.09 bits per heavy atom. The van der Waals surface area contributed by atoms with E-state index in [-0.39, 0.29) is 12.0 Å². The first-order chi connectivity index (χ1) is 16.7. The van der Waals surface area contributed by atoms with E-state index in [1.807, 2.05) is 24.3 Å². The lowest BCUT2D eigenvalue weighted by Gasteiger charge is -2.38. The van der Waals surface area contributed by atoms with E-state index in [4.69, 9.17) is 9.47 Å². The third-order valence-corrected chi connectivity index (χ3v) is 8.19. The zero-order valence-electron chi connectivity index (χ0n) is 20.4. The SMILES string of the molecule is CC(C)(C)c1ccc(OC[C@@H](O)CN2CCC3(CSC4=C(O3)c3ccccc3C(=O)C4=O)C2)cc1. The molecule has 1 aliphatic carbocycles. The molecule has 1 N–H and O–H groups in total. The second-order valence-electron chi connectivity index (χ2n) is 10.7. The lowest BCUT2D eigenvalue weighted by atomic mass is 9.87. The molecule has 1 spiro atoms. The molecule has 0 aromatic heterocycles. The van der Waals surface area contributed by atoms with Crippen molar-refractivity contribution in [3.05, 3.63) is 70.1 Å². The molecule has 2 heterocycles. The summed E-state index contributed by atoms with van der Waals surface area (Å²) in [5.41, 5.74) is 1.99. The van der Waals surface area contributed by atoms with E-state index >= 15 is 0 Å². The lowest BCUT2D eigenvalue weighted by molar-refractivity contribution is -0.111. The van der Waals surface area contributed by atoms with Crippen LogP contribution in [0.4, 0.5) is 0 Å². The van der Waals surface area contributed by atoms with Gasteiger partial charge in [-0.1, -0.05) is 57.2 Å². The van der Waals surface area contributed by atoms with Gasteiger partial charge in [0.1, 0.15) is 34.7 Å². The minimum absolute atomic E-state index is 0.0859. The standard InChI is InChI=1S/C28H31NO5S/c1-27(2,3)18-8-10-20(11-9-18)33-15-19(30)14-29-13-12-28(16-29)17-35-26-24(32)23(31)21-6-4-5-7-22(21)25(26)34-28/h4-11,19,30H,12-17H2,1-3H3/t19-,28?/m0/s1. The molecule has 2 aromatic carbocycles. The Bertz CT molecular complexity index is 1180. The first-order valence-electron chi connectivity index (χ1n) is 12.0. The number of ether oxygens (including phenoxy) is 2. The van der Waals surface area contributed by atoms with Crippen LogP contribution in [-0.2, 0) is 14.9 Å². The molecular weight excluding hydrogens is 462 g/mol. The van der Waals surface area contributed by atoms with Gasteiger partial charge in [0.15, 0.2) is 0 Å². The highest BCUT2D eigenvalue weighted by Crippen LogP contribution is 2.46. The first kappa shape index (κ1) is 24.1. The molecule has 35 heavy (non-hydrogen) atoms. The number of aliphatic hydroxyl groups excluding tert-OH is 1. The largest absolute Gasteiger partial charge is 0.491 e. The number of benzene rings is 2. The number of thioether (sulfide) groups is 1. The van der Waals surface area contributed by atoms with Crippen LogP contribution in [-0.4, -0.2) is 65.3 Å². The van der Waals surface area contributed by atoms with Crippen LogP contribution in [0.5, 0.6) is 5.75 Å². The van der Waals surface area contributed by atoms with Gasteiger partial charge < -0.3 is 14.6 Å². The van der Waals surface area contributed by atoms with E-state index < -0.39 is 23.3 Å². The lowest BCUT2D eigenvalue weighted by Crippen LogP contribution is -2.44. The fraction of sp³-hybridized carbons (Fsp3) is 0.429. The molecule has 2 aromatic rings. The van der Waals surface area contributed by atoms with Gasteiger partial charge in [0, 0.05) is 42.9 Å². The maximum Gasteiger partial charge on any atom is 0.243 e. The molecule has 3 aliphatic rings. The molecule has 2 atom stereocenters. The van der Waals surface area contributed by atoms with Crippen LogP contribution in [0.3, 0.4) is 0 Å². The molecule has 7 heteroatoms. The normalized spacial score (nSPS) is 23.2. The van der Waals surface area contributed by atoms with Crippen molar-refractivity contribution in [1.82, 2.24) is 4.90 Å². The predicted molar refractivity (Wildman–Crippen MR) is 137 cm³/mol. The fourth-order valence-electron chi connectivity index (χ4n) is 4.89. The molecule has 6 nitrogen and oxygen atoms in total. The van der Waals surface area contributed by atoms with Crippen molar-refractivity contribution in [2.75, 3.05) is 32.0 Å². The maximum atomic E-state index is 12.6. The Labute approximate surface area is 210 Å². The number of allylic oxidation sites excluding steroid dienone is 1. The summed E-state index contributed by atoms with van der Waals surface area (Å²) in [5.74, 6) is 0.950. The topological polar surface area (TPSA) is 76.1 Å². The number of nitrogens with zero attached hydrogens (tertiary/aromatic N) is 1. The highest BCUT2D eigenvalue weighted by atomic mass is 32.2. The second kappa shape index (κ2) is 9.12. The van der Waals surface area contributed by atoms with E-state index in [1.54, 1.807) is 12.1 Å². The number of rotatable bonds is 5. The van der Waals surface area contributed by atoms with Gasteiger partial charge in [-0.05, 0) is 23.1 Å². The summed E-state index contributed by atoms with van der Waals surface area (Å²) in [6.07, 6.45) is 0.163. The number of fused-ring (bicyclic) bond motifs is 2. The summed E-state index contributed by atoms with van der Waals surface area (Å²) in [6, 6.07) is 15.2. The Kier molecular flexibility index (Phi) is 6.28. The van der Waals surface area contributed by atoms with E-state index in [2.05, 4.69) is 37.8 Å². The summed E-state index contributed by atoms with van der Waals surface area (Å²) in [5, 5.41) is 10.6. The Morgan fingerprint density at radius 2 is 1.80 bits per heavy atom. The summed E-state index contributed by atoms with van der Waals surface area (Å²) >= 11 is 1.42. The number of carbonyl (C=O) groups excluding carboxylic acids is 2. The molecule has 0 saturated carbocycles. The monoisotopic (exact) mass is 493 g/mol. The number of Topliss-reactive ketones (excluding diaryl/α,β-unsaturated/α-hetero) is 2. The highest BCUT2D eigenvalue weighted by molar-refractivity contribution is 8.04. The number of hydrogen-bond acceptors (Lipinski definition) is 7. The van der Waals surface area contributed by atoms with Crippen LogP contribution in [0.2, 0.25) is 0 Å². The number of β-amino-alcohol motifs (C(OH)–C–C–N with tert-alkyl or cyclic N) is 1. The van der Waals surface area contributed by atoms with Crippen LogP contribution in [0, 0.1) is 0 Å². The summed E-state index contributed by atoms with van der Waals surface area (Å²) in [6.45, 7) is 8.65. The molecule has 0 amide bonds. The molecule has 0 radical (unpaired) electrons. The zero-order chi connectivity index (χ0) is 24.8. The van der Waals surface area contributed by atoms with Gasteiger partial charge in [-0.25, -0.2) is 0 Å². The molecular formula is C28H31NO5S. The fourth-order valence-corrected chi connectivity index (χ4v) is 6.10. The van der Waals surface area contributed by atoms with Crippen molar-refractivity contribution in [2.24, 2.45) is 0 Å². The van der Waals surface area contributed by atoms with Crippen molar-refractivity contribution >= 4 is 29.1 Å². The highest BCUT2D eigenvalue weighted by Gasteiger charge is 2.48. The third-order valence-electron chi connectivity index (χ3n) is 6.86. The average molecular weight is 494 g/mol. The van der Waals surface area contributed by atoms with Crippen molar-refractivity contribution in [3.63, 3.8) is 0 Å². The number of likely N-dealkylation sites (tertiary alicyclic amines) is 1. The molecule has 1 fully saturated rings. The van der Waals surface area contributed by atoms with Gasteiger partial charge in [-0.3, -0.25) is 14.5 Å². The number of carbonyl (C=O) groups is 2. The minimum atomic E-state index is -0.631. The Hall–Kier alpha value is -2.61. The van der Waals surface area contributed by atoms with Crippen molar-refractivity contribution in [3.8, 4) is 5.75 Å². The van der Waals surface area contributed by atoms with E-state index in [1.165, 1.54) is 17.3 Å². The van der Waals surface area contributed by atoms with Gasteiger partial charge >= 0.3 is 0 Å². The number of hydrogen-bond donors (Lipinski definition) is 1. The van der Waals surface area contributed by atoms with Crippen LogP contribution in [0.15, 0.2) is 53.4 Å². The van der Waals surface area contributed by atoms with Crippen molar-refractivity contribution in [1.29, 1.82) is 0 Å². The second-order valence-corrected chi connectivity index (χ2v) is 11.6. The Morgan fingerprint density at radius 3 is 2.51 bits per heavy atom. The maximum absolute atomic E-state index is 12.6. The van der Waals surface area contributed by atoms with E-state index in [0.29, 0.717) is 40.6 Å². The van der Waals surface area contributed by atoms with Gasteiger partial charge in [0.25, 0.3) is 0 Å². The van der Waals surface area contributed by atoms with Gasteiger partial charge in [0.05, 0.1) is 0 Å². The minimum Gasteiger partial charge on any atom is -0.491 e. The van der Waals surface area contributed by atoms with Crippen molar-refractivity contribution in [2.45, 2.75) is 44.3 Å². The van der Waals surface area contributed by atoms with Crippen LogP contribution in [0.1, 0.15) is 48.7 Å². The van der Waals surface area contributed by atoms with Crippen LogP contribution >= 0.6 is 11.8 Å². The smallest absolute Gasteiger partial charge is 0.243 e. The van der Waals surface area contributed by atoms with E-state index in [9.17, 15) is 14.7 Å².